The first-order chi connectivity index (χ1) is 10.7. The first-order valence-corrected chi connectivity index (χ1v) is 9.14. The van der Waals surface area contributed by atoms with Gasteiger partial charge in [0.2, 0.25) is 0 Å². The number of benzene rings is 2. The van der Waals surface area contributed by atoms with Gasteiger partial charge in [0.05, 0.1) is 10.8 Å². The van der Waals surface area contributed by atoms with Crippen LogP contribution in [0.5, 0.6) is 0 Å². The maximum absolute atomic E-state index is 13.0. The Bertz CT molecular complexity index is 743. The number of hydrogen-bond acceptors (Lipinski definition) is 2. The standard InChI is InChI=1S/C20H24O2S/c1-14-10-12-15(13-11-14)23(21)17-9-7-6-8-16(17)18-20(5,22-18)19(2,3)4/h6-13,18H,1-5H3/t18-,20+,23?/m0/s1. The van der Waals surface area contributed by atoms with Gasteiger partial charge in [0.1, 0.15) is 11.7 Å². The molecule has 122 valence electrons. The number of ether oxygens (including phenoxy) is 1. The minimum Gasteiger partial charge on any atom is -0.361 e. The molecule has 3 rings (SSSR count). The molecular weight excluding hydrogens is 304 g/mol. The fraction of sp³-hybridized carbons (Fsp3) is 0.400. The molecular formula is C20H24O2S. The molecule has 1 aliphatic rings. The van der Waals surface area contributed by atoms with E-state index in [4.69, 9.17) is 4.74 Å². The van der Waals surface area contributed by atoms with Crippen molar-refractivity contribution >= 4 is 10.8 Å². The lowest BCUT2D eigenvalue weighted by molar-refractivity contribution is 0.173. The summed E-state index contributed by atoms with van der Waals surface area (Å²) in [6.07, 6.45) is 0.00750. The number of rotatable bonds is 3. The van der Waals surface area contributed by atoms with Gasteiger partial charge in [0, 0.05) is 15.4 Å². The minimum absolute atomic E-state index is 0.00750. The molecule has 0 amide bonds. The van der Waals surface area contributed by atoms with Crippen LogP contribution < -0.4 is 0 Å². The zero-order valence-corrected chi connectivity index (χ0v) is 15.2. The molecule has 1 unspecified atom stereocenters. The van der Waals surface area contributed by atoms with Crippen molar-refractivity contribution in [1.29, 1.82) is 0 Å². The van der Waals surface area contributed by atoms with Crippen LogP contribution >= 0.6 is 0 Å². The molecule has 0 spiro atoms. The van der Waals surface area contributed by atoms with E-state index < -0.39 is 10.8 Å². The monoisotopic (exact) mass is 328 g/mol. The van der Waals surface area contributed by atoms with Crippen LogP contribution in [0.4, 0.5) is 0 Å². The Morgan fingerprint density at radius 1 is 1.04 bits per heavy atom. The summed E-state index contributed by atoms with van der Waals surface area (Å²) in [6.45, 7) is 10.7. The molecule has 0 radical (unpaired) electrons. The second kappa shape index (κ2) is 5.57. The summed E-state index contributed by atoms with van der Waals surface area (Å²) in [5.41, 5.74) is 2.05. The molecule has 0 bridgehead atoms. The second-order valence-corrected chi connectivity index (χ2v) is 8.92. The van der Waals surface area contributed by atoms with E-state index in [1.165, 1.54) is 5.56 Å². The molecule has 2 nitrogen and oxygen atoms in total. The summed E-state index contributed by atoms with van der Waals surface area (Å²) >= 11 is 0. The first-order valence-electron chi connectivity index (χ1n) is 7.99. The normalized spacial score (nSPS) is 25.2. The van der Waals surface area contributed by atoms with Crippen LogP contribution in [0.25, 0.3) is 0 Å². The lowest BCUT2D eigenvalue weighted by Crippen LogP contribution is -2.27. The van der Waals surface area contributed by atoms with E-state index in [-0.39, 0.29) is 17.1 Å². The van der Waals surface area contributed by atoms with Gasteiger partial charge in [-0.25, -0.2) is 4.21 Å². The minimum atomic E-state index is -1.19. The van der Waals surface area contributed by atoms with Gasteiger partial charge < -0.3 is 4.74 Å². The molecule has 1 heterocycles. The average Bonchev–Trinajstić information content (AvgIpc) is 3.21. The van der Waals surface area contributed by atoms with Gasteiger partial charge in [-0.3, -0.25) is 0 Å². The van der Waals surface area contributed by atoms with Crippen LogP contribution in [-0.2, 0) is 15.5 Å². The maximum Gasteiger partial charge on any atom is 0.114 e. The Kier molecular flexibility index (Phi) is 3.97. The molecule has 0 aromatic heterocycles. The zero-order valence-electron chi connectivity index (χ0n) is 14.4. The highest BCUT2D eigenvalue weighted by Crippen LogP contribution is 2.59. The molecule has 2 aromatic rings. The van der Waals surface area contributed by atoms with Crippen molar-refractivity contribution < 1.29 is 8.95 Å². The van der Waals surface area contributed by atoms with Gasteiger partial charge in [-0.05, 0) is 37.5 Å². The van der Waals surface area contributed by atoms with Gasteiger partial charge in [0.25, 0.3) is 0 Å². The number of epoxide rings is 1. The van der Waals surface area contributed by atoms with Crippen molar-refractivity contribution in [2.45, 2.75) is 56.1 Å². The van der Waals surface area contributed by atoms with Crippen molar-refractivity contribution in [1.82, 2.24) is 0 Å². The number of aryl methyl sites for hydroxylation is 1. The summed E-state index contributed by atoms with van der Waals surface area (Å²) in [7, 11) is -1.19. The SMILES string of the molecule is Cc1ccc(S(=O)c2ccccc2[C@@H]2O[C@@]2(C)C(C)(C)C)cc1. The van der Waals surface area contributed by atoms with E-state index in [0.717, 1.165) is 15.4 Å². The van der Waals surface area contributed by atoms with Gasteiger partial charge in [-0.1, -0.05) is 56.7 Å². The van der Waals surface area contributed by atoms with E-state index in [1.807, 2.05) is 55.5 Å². The smallest absolute Gasteiger partial charge is 0.114 e. The summed E-state index contributed by atoms with van der Waals surface area (Å²) in [6, 6.07) is 15.8. The molecule has 1 aliphatic heterocycles. The fourth-order valence-electron chi connectivity index (χ4n) is 2.80. The highest BCUT2D eigenvalue weighted by atomic mass is 32.2. The fourth-order valence-corrected chi connectivity index (χ4v) is 4.02. The lowest BCUT2D eigenvalue weighted by atomic mass is 9.78. The van der Waals surface area contributed by atoms with Crippen LogP contribution in [0.15, 0.2) is 58.3 Å². The Morgan fingerprint density at radius 2 is 1.65 bits per heavy atom. The van der Waals surface area contributed by atoms with Crippen LogP contribution in [0, 0.1) is 12.3 Å². The van der Waals surface area contributed by atoms with Gasteiger partial charge in [-0.15, -0.1) is 0 Å². The number of hydrogen-bond donors (Lipinski definition) is 0. The Labute approximate surface area is 141 Å². The third-order valence-corrected chi connectivity index (χ3v) is 6.40. The first kappa shape index (κ1) is 16.4. The van der Waals surface area contributed by atoms with Crippen molar-refractivity contribution in [3.63, 3.8) is 0 Å². The van der Waals surface area contributed by atoms with E-state index >= 15 is 0 Å². The van der Waals surface area contributed by atoms with Gasteiger partial charge in [0.15, 0.2) is 0 Å². The third-order valence-electron chi connectivity index (χ3n) is 4.93. The lowest BCUT2D eigenvalue weighted by Gasteiger charge is -2.24. The summed E-state index contributed by atoms with van der Waals surface area (Å²) < 4.78 is 19.1. The molecule has 0 aliphatic carbocycles. The largest absolute Gasteiger partial charge is 0.361 e. The Morgan fingerprint density at radius 3 is 2.22 bits per heavy atom. The van der Waals surface area contributed by atoms with Crippen molar-refractivity contribution in [3.8, 4) is 0 Å². The molecule has 1 fully saturated rings. The predicted molar refractivity (Wildman–Crippen MR) is 94.0 cm³/mol. The predicted octanol–water partition coefficient (Wildman–Crippen LogP) is 5.04. The molecule has 0 N–H and O–H groups in total. The summed E-state index contributed by atoms with van der Waals surface area (Å²) in [4.78, 5) is 1.69. The van der Waals surface area contributed by atoms with E-state index in [2.05, 4.69) is 27.7 Å². The van der Waals surface area contributed by atoms with E-state index in [9.17, 15) is 4.21 Å². The van der Waals surface area contributed by atoms with Crippen LogP contribution in [-0.4, -0.2) is 9.81 Å². The quantitative estimate of drug-likeness (QED) is 0.739. The van der Waals surface area contributed by atoms with Crippen molar-refractivity contribution in [2.75, 3.05) is 0 Å². The second-order valence-electron chi connectivity index (χ2n) is 7.47. The van der Waals surface area contributed by atoms with Gasteiger partial charge >= 0.3 is 0 Å². The molecule has 23 heavy (non-hydrogen) atoms. The molecule has 3 atom stereocenters. The average molecular weight is 328 g/mol. The van der Waals surface area contributed by atoms with Crippen LogP contribution in [0.1, 0.15) is 44.9 Å². The summed E-state index contributed by atoms with van der Waals surface area (Å²) in [5.74, 6) is 0. The summed E-state index contributed by atoms with van der Waals surface area (Å²) in [5, 5.41) is 0. The van der Waals surface area contributed by atoms with Crippen molar-refractivity contribution in [3.05, 3.63) is 59.7 Å². The third kappa shape index (κ3) is 2.88. The van der Waals surface area contributed by atoms with Gasteiger partial charge in [-0.2, -0.15) is 0 Å². The molecule has 3 heteroatoms. The molecule has 2 aromatic carbocycles. The highest BCUT2D eigenvalue weighted by Gasteiger charge is 2.60. The van der Waals surface area contributed by atoms with E-state index in [0.29, 0.717) is 0 Å². The van der Waals surface area contributed by atoms with Crippen LogP contribution in [0.2, 0.25) is 0 Å². The highest BCUT2D eigenvalue weighted by molar-refractivity contribution is 7.85. The van der Waals surface area contributed by atoms with Crippen LogP contribution in [0.3, 0.4) is 0 Å². The van der Waals surface area contributed by atoms with Crippen molar-refractivity contribution in [2.24, 2.45) is 5.41 Å². The zero-order chi connectivity index (χ0) is 16.8. The molecule has 0 saturated carbocycles. The Hall–Kier alpha value is -1.45. The maximum atomic E-state index is 13.0. The topological polar surface area (TPSA) is 29.6 Å². The molecule has 1 saturated heterocycles. The van der Waals surface area contributed by atoms with E-state index in [1.54, 1.807) is 0 Å². The Balaban J connectivity index is 1.97.